The van der Waals surface area contributed by atoms with Crippen LogP contribution in [0.2, 0.25) is 0 Å². The Kier molecular flexibility index (Phi) is 6.99. The number of aromatic nitrogens is 2. The van der Waals surface area contributed by atoms with Gasteiger partial charge in [-0.3, -0.25) is 0 Å². The Bertz CT molecular complexity index is 1480. The number of hydrogen-bond acceptors (Lipinski definition) is 5. The first kappa shape index (κ1) is 25.0. The molecule has 3 aromatic carbocycles. The van der Waals surface area contributed by atoms with Crippen molar-refractivity contribution in [2.45, 2.75) is 24.3 Å². The summed E-state index contributed by atoms with van der Waals surface area (Å²) in [7, 11) is -0.617. The fraction of sp³-hybridized carbons (Fsp3) is 0.250. The Morgan fingerprint density at radius 2 is 1.68 bits per heavy atom. The normalized spacial score (nSPS) is 13.6. The van der Waals surface area contributed by atoms with E-state index in [0.717, 1.165) is 18.4 Å². The van der Waals surface area contributed by atoms with E-state index in [-0.39, 0.29) is 23.1 Å². The summed E-state index contributed by atoms with van der Waals surface area (Å²) in [5.41, 5.74) is 1.96. The topological polar surface area (TPSA) is 73.7 Å². The van der Waals surface area contributed by atoms with Crippen molar-refractivity contribution in [2.24, 2.45) is 13.0 Å². The molecule has 0 amide bonds. The molecular formula is C28H28FN3O4S. The average molecular weight is 522 g/mol. The number of sulfonamides is 1. The highest BCUT2D eigenvalue weighted by Gasteiger charge is 2.34. The number of benzene rings is 3. The van der Waals surface area contributed by atoms with Crippen LogP contribution >= 0.6 is 0 Å². The molecule has 0 saturated heterocycles. The lowest BCUT2D eigenvalue weighted by molar-refractivity contribution is 0.369. The second kappa shape index (κ2) is 10.4. The molecule has 1 heterocycles. The molecule has 1 aliphatic carbocycles. The molecular weight excluding hydrogens is 493 g/mol. The maximum Gasteiger partial charge on any atom is 0.243 e. The van der Waals surface area contributed by atoms with Gasteiger partial charge in [0.1, 0.15) is 11.4 Å². The molecule has 0 atom stereocenters. The van der Waals surface area contributed by atoms with Gasteiger partial charge in [-0.25, -0.2) is 17.5 Å². The number of rotatable bonds is 10. The van der Waals surface area contributed by atoms with Gasteiger partial charge in [0.15, 0.2) is 11.6 Å². The predicted molar refractivity (Wildman–Crippen MR) is 138 cm³/mol. The smallest absolute Gasteiger partial charge is 0.243 e. The molecule has 0 N–H and O–H groups in total. The first-order valence-corrected chi connectivity index (χ1v) is 13.5. The van der Waals surface area contributed by atoms with E-state index in [1.54, 1.807) is 43.4 Å². The van der Waals surface area contributed by atoms with Crippen LogP contribution < -0.4 is 9.47 Å². The Morgan fingerprint density at radius 1 is 1.00 bits per heavy atom. The molecule has 0 aliphatic heterocycles. The quantitative estimate of drug-likeness (QED) is 0.271. The van der Waals surface area contributed by atoms with Crippen molar-refractivity contribution in [3.8, 4) is 28.6 Å². The van der Waals surface area contributed by atoms with Gasteiger partial charge < -0.3 is 9.47 Å². The van der Waals surface area contributed by atoms with Crippen LogP contribution in [0.4, 0.5) is 4.39 Å². The number of halogens is 1. The molecule has 1 fully saturated rings. The predicted octanol–water partition coefficient (Wildman–Crippen LogP) is 5.63. The Balaban J connectivity index is 1.59. The van der Waals surface area contributed by atoms with Crippen LogP contribution in [0.1, 0.15) is 18.4 Å². The monoisotopic (exact) mass is 521 g/mol. The van der Waals surface area contributed by atoms with Crippen LogP contribution in [0.3, 0.4) is 0 Å². The molecule has 37 heavy (non-hydrogen) atoms. The van der Waals surface area contributed by atoms with Crippen LogP contribution in [-0.4, -0.2) is 36.2 Å². The van der Waals surface area contributed by atoms with Crippen molar-refractivity contribution in [3.05, 3.63) is 90.2 Å². The molecule has 0 spiro atoms. The van der Waals surface area contributed by atoms with Crippen molar-refractivity contribution < 1.29 is 22.3 Å². The van der Waals surface area contributed by atoms with E-state index in [1.807, 2.05) is 30.3 Å². The van der Waals surface area contributed by atoms with Gasteiger partial charge in [-0.05, 0) is 55.2 Å². The Labute approximate surface area is 216 Å². The van der Waals surface area contributed by atoms with Crippen molar-refractivity contribution in [1.82, 2.24) is 14.1 Å². The zero-order valence-electron chi connectivity index (χ0n) is 20.7. The van der Waals surface area contributed by atoms with E-state index in [9.17, 15) is 12.8 Å². The van der Waals surface area contributed by atoms with Gasteiger partial charge in [-0.2, -0.15) is 9.40 Å². The Morgan fingerprint density at radius 3 is 2.32 bits per heavy atom. The fourth-order valence-corrected chi connectivity index (χ4v) is 5.68. The van der Waals surface area contributed by atoms with E-state index in [2.05, 4.69) is 5.10 Å². The van der Waals surface area contributed by atoms with Gasteiger partial charge in [-0.15, -0.1) is 0 Å². The summed E-state index contributed by atoms with van der Waals surface area (Å²) in [5.74, 6) is 0.678. The van der Waals surface area contributed by atoms with Crippen LogP contribution in [0, 0.1) is 11.7 Å². The molecule has 192 valence electrons. The van der Waals surface area contributed by atoms with Gasteiger partial charge in [0.05, 0.1) is 17.6 Å². The lowest BCUT2D eigenvalue weighted by Crippen LogP contribution is -2.32. The zero-order valence-corrected chi connectivity index (χ0v) is 21.5. The summed E-state index contributed by atoms with van der Waals surface area (Å²) in [4.78, 5) is 0.177. The van der Waals surface area contributed by atoms with Gasteiger partial charge in [0.2, 0.25) is 15.9 Å². The van der Waals surface area contributed by atoms with Crippen molar-refractivity contribution >= 4 is 10.0 Å². The molecule has 0 bridgehead atoms. The van der Waals surface area contributed by atoms with E-state index in [1.165, 1.54) is 28.2 Å². The summed E-state index contributed by atoms with van der Waals surface area (Å²) in [6.07, 6.45) is 1.96. The van der Waals surface area contributed by atoms with Crippen molar-refractivity contribution in [2.75, 3.05) is 13.7 Å². The number of hydrogen-bond donors (Lipinski definition) is 0. The highest BCUT2D eigenvalue weighted by atomic mass is 32.2. The van der Waals surface area contributed by atoms with Crippen LogP contribution in [0.5, 0.6) is 17.4 Å². The minimum Gasteiger partial charge on any atom is -0.497 e. The number of ether oxygens (including phenoxy) is 2. The molecule has 1 aliphatic rings. The SMILES string of the molecule is COc1ccc(S(=O)(=O)N(Cc2c(-c3ccccc3)nn(C)c2Oc2ccccc2F)CC2CC2)cc1. The zero-order chi connectivity index (χ0) is 26.0. The van der Waals surface area contributed by atoms with Crippen molar-refractivity contribution in [1.29, 1.82) is 0 Å². The van der Waals surface area contributed by atoms with E-state index < -0.39 is 15.8 Å². The molecule has 7 nitrogen and oxygen atoms in total. The summed E-state index contributed by atoms with van der Waals surface area (Å²) in [6, 6.07) is 22.0. The summed E-state index contributed by atoms with van der Waals surface area (Å²) in [6.45, 7) is 0.392. The first-order valence-electron chi connectivity index (χ1n) is 12.0. The molecule has 4 aromatic rings. The highest BCUT2D eigenvalue weighted by Crippen LogP contribution is 2.38. The van der Waals surface area contributed by atoms with Crippen LogP contribution in [-0.2, 0) is 23.6 Å². The third kappa shape index (κ3) is 5.38. The van der Waals surface area contributed by atoms with Crippen molar-refractivity contribution in [3.63, 3.8) is 0 Å². The minimum atomic E-state index is -3.86. The number of para-hydroxylation sites is 1. The summed E-state index contributed by atoms with van der Waals surface area (Å²) >= 11 is 0. The van der Waals surface area contributed by atoms with Gasteiger partial charge in [0.25, 0.3) is 0 Å². The van der Waals surface area contributed by atoms with E-state index >= 15 is 0 Å². The third-order valence-electron chi connectivity index (χ3n) is 6.37. The maximum atomic E-state index is 14.5. The molecule has 1 aromatic heterocycles. The lowest BCUT2D eigenvalue weighted by Gasteiger charge is -2.23. The summed E-state index contributed by atoms with van der Waals surface area (Å²) in [5, 5.41) is 4.66. The molecule has 1 saturated carbocycles. The van der Waals surface area contributed by atoms with E-state index in [4.69, 9.17) is 9.47 Å². The second-order valence-electron chi connectivity index (χ2n) is 9.07. The number of nitrogens with zero attached hydrogens (tertiary/aromatic N) is 3. The van der Waals surface area contributed by atoms with Gasteiger partial charge >= 0.3 is 0 Å². The third-order valence-corrected chi connectivity index (χ3v) is 8.19. The lowest BCUT2D eigenvalue weighted by atomic mass is 10.1. The first-order chi connectivity index (χ1) is 17.9. The molecule has 9 heteroatoms. The molecule has 0 unspecified atom stereocenters. The standard InChI is InChI=1S/C28H28FN3O4S/c1-31-28(36-26-11-7-6-10-25(26)29)24(27(30-31)21-8-4-3-5-9-21)19-32(18-20-12-13-20)37(33,34)23-16-14-22(35-2)15-17-23/h3-11,14-17,20H,12-13,18-19H2,1-2H3. The largest absolute Gasteiger partial charge is 0.497 e. The molecule has 0 radical (unpaired) electrons. The second-order valence-corrected chi connectivity index (χ2v) is 11.0. The Hall–Kier alpha value is -3.69. The maximum absolute atomic E-state index is 14.5. The van der Waals surface area contributed by atoms with E-state index in [0.29, 0.717) is 29.5 Å². The fourth-order valence-electron chi connectivity index (χ4n) is 4.19. The number of methoxy groups -OCH3 is 1. The minimum absolute atomic E-state index is 0.0206. The summed E-state index contributed by atoms with van der Waals surface area (Å²) < 4.78 is 56.4. The highest BCUT2D eigenvalue weighted by molar-refractivity contribution is 7.89. The van der Waals surface area contributed by atoms with Crippen LogP contribution in [0.15, 0.2) is 83.8 Å². The van der Waals surface area contributed by atoms with Gasteiger partial charge in [-0.1, -0.05) is 42.5 Å². The van der Waals surface area contributed by atoms with Crippen LogP contribution in [0.25, 0.3) is 11.3 Å². The average Bonchev–Trinajstić information content (AvgIpc) is 3.69. The number of aryl methyl sites for hydroxylation is 1. The van der Waals surface area contributed by atoms with Gasteiger partial charge in [0, 0.05) is 25.7 Å². The molecule has 5 rings (SSSR count).